The molecular weight excluding hydrogens is 658 g/mol. The van der Waals surface area contributed by atoms with E-state index in [9.17, 15) is 26.3 Å². The number of anilines is 2. The second-order valence-electron chi connectivity index (χ2n) is 8.51. The first kappa shape index (κ1) is 45.3. The number of nitrogen functional groups attached to an aromatic ring is 1. The molecule has 3 radical (unpaired) electrons. The number of aromatic nitrogens is 4. The molecule has 0 spiro atoms. The quantitative estimate of drug-likeness (QED) is 0.234. The average Bonchev–Trinajstić information content (AvgIpc) is 3.55. The molecule has 0 amide bonds. The summed E-state index contributed by atoms with van der Waals surface area (Å²) in [5, 5.41) is 37.0. The zero-order chi connectivity index (χ0) is 36.4. The summed E-state index contributed by atoms with van der Waals surface area (Å²) in [6.45, 7) is 3.67. The van der Waals surface area contributed by atoms with Crippen molar-refractivity contribution < 1.29 is 70.5 Å². The summed E-state index contributed by atoms with van der Waals surface area (Å²) >= 11 is 0. The molecule has 0 unspecified atom stereocenters. The molecule has 0 bridgehead atoms. The minimum Gasteiger partial charge on any atom is -0.466 e. The Morgan fingerprint density at radius 1 is 0.750 bits per heavy atom. The van der Waals surface area contributed by atoms with Gasteiger partial charge in [0, 0.05) is 44.7 Å². The van der Waals surface area contributed by atoms with Gasteiger partial charge in [-0.1, -0.05) is 0 Å². The van der Waals surface area contributed by atoms with Crippen LogP contribution in [0.4, 0.5) is 38.0 Å². The fraction of sp³-hybridized carbons (Fsp3) is 0.250. The Morgan fingerprint density at radius 2 is 1.08 bits per heavy atom. The summed E-state index contributed by atoms with van der Waals surface area (Å²) in [5.74, 6) is 1.85. The number of nitriles is 3. The molecule has 0 atom stereocenters. The number of hydrogen-bond donors (Lipinski definition) is 2. The number of nitrogens with two attached hydrogens (primary N) is 1. The van der Waals surface area contributed by atoms with Gasteiger partial charge in [-0.05, 0) is 62.4 Å². The zero-order valence-electron chi connectivity index (χ0n) is 26.5. The van der Waals surface area contributed by atoms with E-state index < -0.39 is 12.7 Å². The van der Waals surface area contributed by atoms with Crippen LogP contribution in [0.3, 0.4) is 0 Å². The van der Waals surface area contributed by atoms with Crippen LogP contribution in [0.5, 0.6) is 11.5 Å². The largest absolute Gasteiger partial charge is 1.00 e. The summed E-state index contributed by atoms with van der Waals surface area (Å²) < 4.78 is 83.0. The molecule has 249 valence electrons. The van der Waals surface area contributed by atoms with Crippen molar-refractivity contribution in [3.8, 4) is 41.0 Å². The normalized spacial score (nSPS) is 9.62. The van der Waals surface area contributed by atoms with Gasteiger partial charge >= 0.3 is 42.3 Å². The summed E-state index contributed by atoms with van der Waals surface area (Å²) in [4.78, 5) is 1.85. The Bertz CT molecular complexity index is 1630. The van der Waals surface area contributed by atoms with Crippen molar-refractivity contribution in [2.45, 2.75) is 26.6 Å². The number of ether oxygens (including phenoxy) is 2. The standard InChI is InChI=1S/C13H14F3N3O.C11H10F3N3O.C2N2.CBN.CH4O.Na/c1-9-8-12(18(2)3)17-19(9)10-4-6-11(7-5-10)20-13(14,15)16;1-7-6-10(15)16-17(7)8-2-4-9(5-3-8)18-11(12,13)14;3-1-2-4;2-1-3;1-2;/h4-8H,1-3H3;2-6H,1H3,(H2,15,16);;;2H,1H3;/q;;;-1;;+1. The van der Waals surface area contributed by atoms with Gasteiger partial charge in [0.25, 0.3) is 0 Å². The summed E-state index contributed by atoms with van der Waals surface area (Å²) in [7, 11) is 8.89. The molecule has 2 aromatic heterocycles. The monoisotopic (exact) mass is 686 g/mol. The van der Waals surface area contributed by atoms with Crippen LogP contribution < -0.4 is 49.7 Å². The van der Waals surface area contributed by atoms with Crippen molar-refractivity contribution in [1.29, 1.82) is 15.8 Å². The molecule has 0 saturated heterocycles. The Balaban J connectivity index is 0. The SMILES string of the molecule is CO.Cc1cc(N(C)C)nn1-c1ccc(OC(F)(F)F)cc1.Cc1cc(N)nn1-c1ccc(OC(F)(F)F)cc1.N#CC#N.[B-]C#N.[Na+]. The first-order chi connectivity index (χ1) is 21.9. The number of aliphatic hydroxyl groups excluding tert-OH is 1. The van der Waals surface area contributed by atoms with Crippen LogP contribution in [0.25, 0.3) is 11.4 Å². The van der Waals surface area contributed by atoms with Gasteiger partial charge in [-0.15, -0.1) is 26.3 Å². The molecule has 3 N–H and O–H groups in total. The van der Waals surface area contributed by atoms with Gasteiger partial charge in [0.05, 0.1) is 11.4 Å². The van der Waals surface area contributed by atoms with E-state index in [4.69, 9.17) is 26.6 Å². The Labute approximate surface area is 295 Å². The third-order valence-electron chi connectivity index (χ3n) is 4.92. The van der Waals surface area contributed by atoms with E-state index in [0.29, 0.717) is 17.2 Å². The van der Waals surface area contributed by atoms with Crippen molar-refractivity contribution in [1.82, 2.24) is 19.6 Å². The van der Waals surface area contributed by atoms with Gasteiger partial charge in [0.1, 0.15) is 17.3 Å². The zero-order valence-corrected chi connectivity index (χ0v) is 28.5. The first-order valence-electron chi connectivity index (χ1n) is 12.6. The van der Waals surface area contributed by atoms with Crippen molar-refractivity contribution >= 4 is 19.5 Å². The Morgan fingerprint density at radius 3 is 1.33 bits per heavy atom. The van der Waals surface area contributed by atoms with Crippen molar-refractivity contribution in [2.75, 3.05) is 31.8 Å². The fourth-order valence-corrected chi connectivity index (χ4v) is 3.28. The number of aliphatic hydroxyl groups is 1. The summed E-state index contributed by atoms with van der Waals surface area (Å²) in [6, 6.07) is 17.0. The average molecular weight is 686 g/mol. The maximum absolute atomic E-state index is 12.1. The Hall–Kier alpha value is -4.87. The molecule has 2 aromatic carbocycles. The molecule has 0 aliphatic rings. The van der Waals surface area contributed by atoms with E-state index in [0.717, 1.165) is 24.3 Å². The molecule has 48 heavy (non-hydrogen) atoms. The van der Waals surface area contributed by atoms with Crippen LogP contribution >= 0.6 is 0 Å². The van der Waals surface area contributed by atoms with Crippen LogP contribution in [0.15, 0.2) is 60.7 Å². The van der Waals surface area contributed by atoms with E-state index >= 15 is 0 Å². The molecule has 0 saturated carbocycles. The van der Waals surface area contributed by atoms with Gasteiger partial charge in [-0.2, -0.15) is 20.7 Å². The van der Waals surface area contributed by atoms with Crippen molar-refractivity contribution in [3.63, 3.8) is 0 Å². The van der Waals surface area contributed by atoms with E-state index in [2.05, 4.69) is 27.5 Å². The molecule has 20 heteroatoms. The van der Waals surface area contributed by atoms with Crippen molar-refractivity contribution in [3.05, 3.63) is 72.1 Å². The van der Waals surface area contributed by atoms with E-state index in [-0.39, 0.29) is 41.1 Å². The molecule has 0 fully saturated rings. The number of hydrogen-bond acceptors (Lipinski definition) is 10. The maximum Gasteiger partial charge on any atom is 1.00 e. The minimum atomic E-state index is -4.69. The molecule has 0 aliphatic heterocycles. The first-order valence-corrected chi connectivity index (χ1v) is 12.6. The van der Waals surface area contributed by atoms with E-state index in [1.165, 1.54) is 71.3 Å². The molecule has 2 heterocycles. The predicted octanol–water partition coefficient (Wildman–Crippen LogP) is 2.09. The Kier molecular flexibility index (Phi) is 20.6. The van der Waals surface area contributed by atoms with Gasteiger partial charge < -0.3 is 33.1 Å². The maximum atomic E-state index is 12.1. The predicted molar refractivity (Wildman–Crippen MR) is 159 cm³/mol. The molecule has 12 nitrogen and oxygen atoms in total. The van der Waals surface area contributed by atoms with Crippen LogP contribution in [0.1, 0.15) is 11.4 Å². The number of benzene rings is 2. The molecule has 0 aliphatic carbocycles. The number of nitrogens with zero attached hydrogens (tertiary/aromatic N) is 8. The van der Waals surface area contributed by atoms with Crippen LogP contribution in [0, 0.1) is 47.7 Å². The summed E-state index contributed by atoms with van der Waals surface area (Å²) in [6.07, 6.45) is -9.37. The second kappa shape index (κ2) is 21.8. The third kappa shape index (κ3) is 17.2. The topological polar surface area (TPSA) is 175 Å². The second-order valence-corrected chi connectivity index (χ2v) is 8.51. The van der Waals surface area contributed by atoms with Crippen molar-refractivity contribution in [2.24, 2.45) is 0 Å². The number of rotatable bonds is 5. The van der Waals surface area contributed by atoms with Crippen LogP contribution in [0.2, 0.25) is 0 Å². The van der Waals surface area contributed by atoms with Gasteiger partial charge in [-0.3, -0.25) is 11.2 Å². The van der Waals surface area contributed by atoms with Gasteiger partial charge in [-0.25, -0.2) is 9.36 Å². The van der Waals surface area contributed by atoms with Crippen LogP contribution in [-0.2, 0) is 0 Å². The smallest absolute Gasteiger partial charge is 0.466 e. The molecule has 4 aromatic rings. The van der Waals surface area contributed by atoms with Gasteiger partial charge in [0.15, 0.2) is 18.0 Å². The van der Waals surface area contributed by atoms with Gasteiger partial charge in [0.2, 0.25) is 0 Å². The molecule has 4 rings (SSSR count). The molecular formula is C28H28BF6N9NaO3. The summed E-state index contributed by atoms with van der Waals surface area (Å²) in [5.41, 5.74) is 8.48. The van der Waals surface area contributed by atoms with E-state index in [1.54, 1.807) is 17.7 Å². The third-order valence-corrected chi connectivity index (χ3v) is 4.92. The van der Waals surface area contributed by atoms with E-state index in [1.807, 2.05) is 32.0 Å². The number of aryl methyl sites for hydroxylation is 2. The fourth-order valence-electron chi connectivity index (χ4n) is 3.28. The number of halogens is 6. The number of alkyl halides is 6. The van der Waals surface area contributed by atoms with Crippen LogP contribution in [-0.4, -0.2) is 66.4 Å². The minimum absolute atomic E-state index is 0.